The molecule has 1 fully saturated rings. The fourth-order valence-electron chi connectivity index (χ4n) is 2.36. The van der Waals surface area contributed by atoms with Crippen molar-refractivity contribution in [2.24, 2.45) is 0 Å². The van der Waals surface area contributed by atoms with Crippen LogP contribution < -0.4 is 10.1 Å². The number of carbonyl (C=O) groups is 2. The topological polar surface area (TPSA) is 58.6 Å². The molecule has 0 spiro atoms. The van der Waals surface area contributed by atoms with Crippen molar-refractivity contribution >= 4 is 11.8 Å². The molecule has 119 valence electrons. The molecule has 0 atom stereocenters. The zero-order chi connectivity index (χ0) is 15.8. The van der Waals surface area contributed by atoms with Gasteiger partial charge in [-0.15, -0.1) is 0 Å². The zero-order valence-electron chi connectivity index (χ0n) is 13.0. The van der Waals surface area contributed by atoms with E-state index in [-0.39, 0.29) is 11.8 Å². The van der Waals surface area contributed by atoms with Crippen LogP contribution in [0, 0.1) is 6.42 Å². The number of ether oxygens (including phenoxy) is 1. The highest BCUT2D eigenvalue weighted by atomic mass is 16.5. The third kappa shape index (κ3) is 5.06. The highest BCUT2D eigenvalue weighted by Gasteiger charge is 2.17. The molecule has 22 heavy (non-hydrogen) atoms. The van der Waals surface area contributed by atoms with Crippen molar-refractivity contribution in [3.63, 3.8) is 0 Å². The van der Waals surface area contributed by atoms with Gasteiger partial charge in [-0.1, -0.05) is 0 Å². The molecular formula is C17H23N2O3. The van der Waals surface area contributed by atoms with E-state index in [1.807, 2.05) is 29.2 Å². The van der Waals surface area contributed by atoms with Crippen LogP contribution >= 0.6 is 0 Å². The molecule has 1 aliphatic rings. The van der Waals surface area contributed by atoms with Crippen molar-refractivity contribution in [1.82, 2.24) is 10.2 Å². The third-order valence-corrected chi connectivity index (χ3v) is 3.56. The first-order valence-electron chi connectivity index (χ1n) is 7.75. The fourth-order valence-corrected chi connectivity index (χ4v) is 2.36. The second kappa shape index (κ2) is 8.41. The van der Waals surface area contributed by atoms with Gasteiger partial charge in [-0.3, -0.25) is 9.59 Å². The molecule has 1 aliphatic heterocycles. The van der Waals surface area contributed by atoms with Crippen LogP contribution in [0.3, 0.4) is 0 Å². The van der Waals surface area contributed by atoms with Crippen LogP contribution in [-0.2, 0) is 4.79 Å². The molecule has 0 aliphatic carbocycles. The van der Waals surface area contributed by atoms with E-state index in [9.17, 15) is 9.59 Å². The largest absolute Gasteiger partial charge is 0.494 e. The Labute approximate surface area is 131 Å². The lowest BCUT2D eigenvalue weighted by molar-refractivity contribution is -0.118. The van der Waals surface area contributed by atoms with Crippen LogP contribution in [0.25, 0.3) is 0 Å². The monoisotopic (exact) mass is 303 g/mol. The quantitative estimate of drug-likeness (QED) is 0.818. The lowest BCUT2D eigenvalue weighted by Crippen LogP contribution is -2.35. The number of nitrogens with zero attached hydrogens (tertiary/aromatic N) is 1. The van der Waals surface area contributed by atoms with Crippen LogP contribution in [0.1, 0.15) is 36.5 Å². The number of hydrogen-bond acceptors (Lipinski definition) is 3. The lowest BCUT2D eigenvalue weighted by Gasteiger charge is -2.26. The molecular weight excluding hydrogens is 280 g/mol. The van der Waals surface area contributed by atoms with E-state index >= 15 is 0 Å². The maximum absolute atomic E-state index is 12.3. The summed E-state index contributed by atoms with van der Waals surface area (Å²) in [5.41, 5.74) is 0.701. The highest BCUT2D eigenvalue weighted by molar-refractivity contribution is 5.94. The van der Waals surface area contributed by atoms with Gasteiger partial charge < -0.3 is 15.0 Å². The zero-order valence-corrected chi connectivity index (χ0v) is 13.0. The van der Waals surface area contributed by atoms with E-state index in [2.05, 4.69) is 11.7 Å². The van der Waals surface area contributed by atoms with Gasteiger partial charge in [0.2, 0.25) is 5.91 Å². The van der Waals surface area contributed by atoms with Gasteiger partial charge in [-0.05, 0) is 49.9 Å². The SMILES string of the molecule is CC(=O)NCCCOc1ccc(C(=O)N2CC[CH]CC2)cc1. The minimum atomic E-state index is -0.0295. The van der Waals surface area contributed by atoms with Gasteiger partial charge in [0.25, 0.3) is 5.91 Å². The minimum Gasteiger partial charge on any atom is -0.494 e. The van der Waals surface area contributed by atoms with Crippen molar-refractivity contribution in [3.05, 3.63) is 36.2 Å². The molecule has 5 nitrogen and oxygen atoms in total. The summed E-state index contributed by atoms with van der Waals surface area (Å²) < 4.78 is 5.59. The number of nitrogens with one attached hydrogen (secondary N) is 1. The van der Waals surface area contributed by atoms with Crippen molar-refractivity contribution in [1.29, 1.82) is 0 Å². The molecule has 1 radical (unpaired) electrons. The normalized spacial score (nSPS) is 14.5. The van der Waals surface area contributed by atoms with E-state index < -0.39 is 0 Å². The van der Waals surface area contributed by atoms with E-state index in [1.165, 1.54) is 6.92 Å². The molecule has 2 amide bonds. The van der Waals surface area contributed by atoms with Crippen LogP contribution in [0.2, 0.25) is 0 Å². The number of benzene rings is 1. The second-order valence-electron chi connectivity index (χ2n) is 5.37. The summed E-state index contributed by atoms with van der Waals surface area (Å²) >= 11 is 0. The van der Waals surface area contributed by atoms with Crippen LogP contribution in [0.5, 0.6) is 5.75 Å². The molecule has 1 aromatic carbocycles. The average molecular weight is 303 g/mol. The number of likely N-dealkylation sites (tertiary alicyclic amines) is 1. The molecule has 2 rings (SSSR count). The summed E-state index contributed by atoms with van der Waals surface area (Å²) in [7, 11) is 0. The predicted molar refractivity (Wildman–Crippen MR) is 84.7 cm³/mol. The lowest BCUT2D eigenvalue weighted by atomic mass is 10.1. The highest BCUT2D eigenvalue weighted by Crippen LogP contribution is 2.16. The number of carbonyl (C=O) groups excluding carboxylic acids is 2. The predicted octanol–water partition coefficient (Wildman–Crippen LogP) is 2.03. The molecule has 1 heterocycles. The van der Waals surface area contributed by atoms with Crippen molar-refractivity contribution in [2.75, 3.05) is 26.2 Å². The Morgan fingerprint density at radius 2 is 1.86 bits per heavy atom. The molecule has 1 aromatic rings. The van der Waals surface area contributed by atoms with Crippen molar-refractivity contribution < 1.29 is 14.3 Å². The molecule has 0 saturated carbocycles. The van der Waals surface area contributed by atoms with Gasteiger partial charge in [0.15, 0.2) is 0 Å². The Morgan fingerprint density at radius 3 is 2.50 bits per heavy atom. The Bertz CT molecular complexity index is 493. The van der Waals surface area contributed by atoms with Gasteiger partial charge in [-0.25, -0.2) is 0 Å². The van der Waals surface area contributed by atoms with Gasteiger partial charge in [0, 0.05) is 32.1 Å². The van der Waals surface area contributed by atoms with E-state index in [0.29, 0.717) is 18.7 Å². The summed E-state index contributed by atoms with van der Waals surface area (Å²) in [5.74, 6) is 0.801. The maximum Gasteiger partial charge on any atom is 0.253 e. The van der Waals surface area contributed by atoms with Crippen LogP contribution in [0.4, 0.5) is 0 Å². The Balaban J connectivity index is 1.77. The standard InChI is InChI=1S/C17H23N2O3/c1-14(20)18-10-5-13-22-16-8-6-15(7-9-16)17(21)19-11-3-2-4-12-19/h2,6-9H,3-5,10-13H2,1H3,(H,18,20). The Hall–Kier alpha value is -2.04. The summed E-state index contributed by atoms with van der Waals surface area (Å²) in [6, 6.07) is 7.26. The Kier molecular flexibility index (Phi) is 6.25. The molecule has 0 unspecified atom stereocenters. The first kappa shape index (κ1) is 16.3. The Morgan fingerprint density at radius 1 is 1.18 bits per heavy atom. The van der Waals surface area contributed by atoms with E-state index in [1.54, 1.807) is 0 Å². The second-order valence-corrected chi connectivity index (χ2v) is 5.37. The van der Waals surface area contributed by atoms with E-state index in [0.717, 1.165) is 38.1 Å². The smallest absolute Gasteiger partial charge is 0.253 e. The summed E-state index contributed by atoms with van der Waals surface area (Å²) in [5, 5.41) is 2.72. The fraction of sp³-hybridized carbons (Fsp3) is 0.471. The van der Waals surface area contributed by atoms with E-state index in [4.69, 9.17) is 4.74 Å². The number of rotatable bonds is 6. The average Bonchev–Trinajstić information content (AvgIpc) is 2.55. The van der Waals surface area contributed by atoms with Crippen LogP contribution in [-0.4, -0.2) is 43.0 Å². The number of piperidine rings is 1. The van der Waals surface area contributed by atoms with Gasteiger partial charge >= 0.3 is 0 Å². The first-order valence-corrected chi connectivity index (χ1v) is 7.75. The van der Waals surface area contributed by atoms with Crippen molar-refractivity contribution in [2.45, 2.75) is 26.2 Å². The minimum absolute atomic E-state index is 0.0295. The molecule has 1 N–H and O–H groups in total. The number of amides is 2. The first-order chi connectivity index (χ1) is 10.7. The maximum atomic E-state index is 12.3. The summed E-state index contributed by atoms with van der Waals surface area (Å²) in [4.78, 5) is 24.9. The molecule has 5 heteroatoms. The number of hydrogen-bond donors (Lipinski definition) is 1. The summed E-state index contributed by atoms with van der Waals surface area (Å²) in [6.45, 7) is 4.25. The van der Waals surface area contributed by atoms with Gasteiger partial charge in [-0.2, -0.15) is 0 Å². The van der Waals surface area contributed by atoms with Crippen LogP contribution in [0.15, 0.2) is 24.3 Å². The van der Waals surface area contributed by atoms with Gasteiger partial charge in [0.1, 0.15) is 5.75 Å². The third-order valence-electron chi connectivity index (χ3n) is 3.56. The summed E-state index contributed by atoms with van der Waals surface area (Å²) in [6.07, 6.45) is 4.93. The molecule has 1 saturated heterocycles. The van der Waals surface area contributed by atoms with Crippen molar-refractivity contribution in [3.8, 4) is 5.75 Å². The molecule has 0 aromatic heterocycles. The van der Waals surface area contributed by atoms with Gasteiger partial charge in [0.05, 0.1) is 6.61 Å². The molecule has 0 bridgehead atoms.